The predicted molar refractivity (Wildman–Crippen MR) is 129 cm³/mol. The summed E-state index contributed by atoms with van der Waals surface area (Å²) >= 11 is 6.07. The van der Waals surface area contributed by atoms with Gasteiger partial charge in [-0.2, -0.15) is 0 Å². The number of hydrogen-bond donors (Lipinski definition) is 0. The van der Waals surface area contributed by atoms with Crippen LogP contribution >= 0.6 is 11.6 Å². The van der Waals surface area contributed by atoms with E-state index in [0.29, 0.717) is 29.7 Å². The smallest absolute Gasteiger partial charge is 0.290 e. The number of carbonyl (C=O) groups excluding carboxylic acids is 1. The minimum Gasteiger partial charge on any atom is -0.495 e. The van der Waals surface area contributed by atoms with Gasteiger partial charge in [0, 0.05) is 11.2 Å². The number of methoxy groups -OCH3 is 1. The fourth-order valence-corrected chi connectivity index (χ4v) is 4.67. The van der Waals surface area contributed by atoms with Gasteiger partial charge in [0.25, 0.3) is 5.91 Å². The fraction of sp³-hybridized carbons (Fsp3) is 0.308. The Bertz CT molecular complexity index is 1240. The largest absolute Gasteiger partial charge is 0.495 e. The van der Waals surface area contributed by atoms with Gasteiger partial charge in [-0.3, -0.25) is 4.79 Å². The van der Waals surface area contributed by atoms with E-state index in [4.69, 9.17) is 25.8 Å². The molecule has 2 aromatic carbocycles. The van der Waals surface area contributed by atoms with Crippen molar-refractivity contribution in [1.82, 2.24) is 14.5 Å². The molecule has 2 fully saturated rings. The Hall–Kier alpha value is -3.29. The van der Waals surface area contributed by atoms with Gasteiger partial charge in [-0.05, 0) is 55.3 Å². The molecule has 2 aliphatic rings. The summed E-state index contributed by atoms with van der Waals surface area (Å²) in [5, 5.41) is 0.655. The molecule has 0 aliphatic carbocycles. The lowest BCUT2D eigenvalue weighted by molar-refractivity contribution is -0.166. The molecule has 2 unspecified atom stereocenters. The molecule has 34 heavy (non-hydrogen) atoms. The molecule has 2 saturated heterocycles. The van der Waals surface area contributed by atoms with E-state index in [1.165, 1.54) is 0 Å². The third-order valence-electron chi connectivity index (χ3n) is 6.30. The maximum absolute atomic E-state index is 13.6. The van der Waals surface area contributed by atoms with E-state index in [-0.39, 0.29) is 24.1 Å². The highest BCUT2D eigenvalue weighted by Crippen LogP contribution is 2.36. The Morgan fingerprint density at radius 1 is 1.18 bits per heavy atom. The summed E-state index contributed by atoms with van der Waals surface area (Å²) in [5.74, 6) is 0.823. The molecule has 0 N–H and O–H groups in total. The zero-order valence-corrected chi connectivity index (χ0v) is 20.0. The van der Waals surface area contributed by atoms with E-state index in [2.05, 4.69) is 4.98 Å². The van der Waals surface area contributed by atoms with E-state index >= 15 is 0 Å². The molecular weight excluding hydrogens is 454 g/mol. The average Bonchev–Trinajstić information content (AvgIpc) is 3.28. The minimum absolute atomic E-state index is 0.153. The first kappa shape index (κ1) is 22.5. The second kappa shape index (κ2) is 9.16. The number of morpholine rings is 2. The van der Waals surface area contributed by atoms with Gasteiger partial charge in [-0.25, -0.2) is 4.98 Å². The third kappa shape index (κ3) is 4.17. The highest BCUT2D eigenvalue weighted by molar-refractivity contribution is 6.30. The normalized spacial score (nSPS) is 23.5. The molecule has 176 valence electrons. The maximum Gasteiger partial charge on any atom is 0.290 e. The molecule has 8 heteroatoms. The number of amides is 1. The van der Waals surface area contributed by atoms with Gasteiger partial charge in [0.05, 0.1) is 50.1 Å². The number of halogens is 1. The molecule has 0 saturated carbocycles. The van der Waals surface area contributed by atoms with Crippen molar-refractivity contribution in [2.45, 2.75) is 32.0 Å². The Morgan fingerprint density at radius 2 is 1.97 bits per heavy atom. The predicted octanol–water partition coefficient (Wildman–Crippen LogP) is 4.57. The molecule has 1 aromatic heterocycles. The standard InChI is InChI=1S/C26H26ClN3O4/c1-16-12-29(15-28-16)21-9-4-18(10-24(21)32-3)11-25-26(31)30-22(17(2)34-25)13-33-14-23(30)19-5-7-20(27)8-6-19/h4-12,15,17,22-23H,13-14H2,1-3H3/b25-11-/t17-,22?,23?/m0/s1. The van der Waals surface area contributed by atoms with Gasteiger partial charge >= 0.3 is 0 Å². The molecule has 5 rings (SSSR count). The number of aromatic nitrogens is 2. The summed E-state index contributed by atoms with van der Waals surface area (Å²) < 4.78 is 19.4. The van der Waals surface area contributed by atoms with E-state index in [9.17, 15) is 4.79 Å². The fourth-order valence-electron chi connectivity index (χ4n) is 4.54. The number of hydrogen-bond acceptors (Lipinski definition) is 5. The molecule has 0 radical (unpaired) electrons. The number of ether oxygens (including phenoxy) is 3. The summed E-state index contributed by atoms with van der Waals surface area (Å²) in [7, 11) is 1.62. The van der Waals surface area contributed by atoms with Crippen LogP contribution in [-0.2, 0) is 14.3 Å². The van der Waals surface area contributed by atoms with Crippen LogP contribution in [0.1, 0.15) is 29.8 Å². The van der Waals surface area contributed by atoms with E-state index in [1.807, 2.05) is 72.0 Å². The van der Waals surface area contributed by atoms with Crippen molar-refractivity contribution >= 4 is 23.6 Å². The lowest BCUT2D eigenvalue weighted by atomic mass is 9.97. The monoisotopic (exact) mass is 479 g/mol. The first-order valence-electron chi connectivity index (χ1n) is 11.2. The van der Waals surface area contributed by atoms with Crippen LogP contribution in [0.4, 0.5) is 0 Å². The quantitative estimate of drug-likeness (QED) is 0.513. The number of nitrogens with zero attached hydrogens (tertiary/aromatic N) is 3. The van der Waals surface area contributed by atoms with Crippen LogP contribution in [0, 0.1) is 6.92 Å². The molecule has 3 heterocycles. The number of carbonyl (C=O) groups is 1. The SMILES string of the molecule is COc1cc(/C=C2\O[C@@H](C)C3COCC(c4ccc(Cl)cc4)N3C2=O)ccc1-n1cnc(C)c1. The van der Waals surface area contributed by atoms with Crippen LogP contribution in [0.25, 0.3) is 11.8 Å². The van der Waals surface area contributed by atoms with Crippen LogP contribution in [0.2, 0.25) is 5.02 Å². The van der Waals surface area contributed by atoms with Crippen molar-refractivity contribution in [3.05, 3.63) is 82.6 Å². The Labute approximate surface area is 203 Å². The van der Waals surface area contributed by atoms with E-state index in [0.717, 1.165) is 22.5 Å². The summed E-state index contributed by atoms with van der Waals surface area (Å²) in [4.78, 5) is 19.8. The van der Waals surface area contributed by atoms with Crippen molar-refractivity contribution < 1.29 is 19.0 Å². The summed E-state index contributed by atoms with van der Waals surface area (Å²) in [6, 6.07) is 12.9. The zero-order chi connectivity index (χ0) is 23.8. The van der Waals surface area contributed by atoms with Crippen LogP contribution in [0.3, 0.4) is 0 Å². The van der Waals surface area contributed by atoms with Crippen molar-refractivity contribution in [2.75, 3.05) is 20.3 Å². The van der Waals surface area contributed by atoms with Crippen LogP contribution in [-0.4, -0.2) is 52.8 Å². The Kier molecular flexibility index (Phi) is 6.06. The van der Waals surface area contributed by atoms with Gasteiger partial charge in [0.2, 0.25) is 0 Å². The molecule has 0 spiro atoms. The molecule has 3 aromatic rings. The van der Waals surface area contributed by atoms with Crippen molar-refractivity contribution in [2.24, 2.45) is 0 Å². The van der Waals surface area contributed by atoms with Gasteiger partial charge in [0.1, 0.15) is 11.9 Å². The average molecular weight is 480 g/mol. The molecule has 0 bridgehead atoms. The number of imidazole rings is 1. The van der Waals surface area contributed by atoms with Crippen LogP contribution in [0.5, 0.6) is 5.75 Å². The number of benzene rings is 2. The van der Waals surface area contributed by atoms with Gasteiger partial charge in [0.15, 0.2) is 5.76 Å². The first-order chi connectivity index (χ1) is 16.4. The second-order valence-electron chi connectivity index (χ2n) is 8.57. The molecular formula is C26H26ClN3O4. The Balaban J connectivity index is 1.47. The van der Waals surface area contributed by atoms with Crippen molar-refractivity contribution in [3.63, 3.8) is 0 Å². The second-order valence-corrected chi connectivity index (χ2v) is 9.01. The molecule has 3 atom stereocenters. The van der Waals surface area contributed by atoms with E-state index in [1.54, 1.807) is 19.5 Å². The molecule has 1 amide bonds. The third-order valence-corrected chi connectivity index (χ3v) is 6.56. The summed E-state index contributed by atoms with van der Waals surface area (Å²) in [5.41, 5.74) is 3.57. The minimum atomic E-state index is -0.214. The number of rotatable bonds is 4. The van der Waals surface area contributed by atoms with Crippen molar-refractivity contribution in [3.8, 4) is 11.4 Å². The van der Waals surface area contributed by atoms with Crippen LogP contribution < -0.4 is 4.74 Å². The number of fused-ring (bicyclic) bond motifs is 1. The lowest BCUT2D eigenvalue weighted by Gasteiger charge is -2.47. The summed E-state index contributed by atoms with van der Waals surface area (Å²) in [6.07, 6.45) is 5.24. The first-order valence-corrected chi connectivity index (χ1v) is 11.6. The highest BCUT2D eigenvalue weighted by Gasteiger charge is 2.45. The number of aryl methyl sites for hydroxylation is 1. The van der Waals surface area contributed by atoms with Gasteiger partial charge in [-0.15, -0.1) is 0 Å². The zero-order valence-electron chi connectivity index (χ0n) is 19.3. The van der Waals surface area contributed by atoms with Crippen molar-refractivity contribution in [1.29, 1.82) is 0 Å². The summed E-state index contributed by atoms with van der Waals surface area (Å²) in [6.45, 7) is 4.77. The lowest BCUT2D eigenvalue weighted by Crippen LogP contribution is -2.59. The van der Waals surface area contributed by atoms with E-state index < -0.39 is 0 Å². The highest BCUT2D eigenvalue weighted by atomic mass is 35.5. The topological polar surface area (TPSA) is 65.8 Å². The Morgan fingerprint density at radius 3 is 2.68 bits per heavy atom. The van der Waals surface area contributed by atoms with Crippen LogP contribution in [0.15, 0.2) is 60.7 Å². The molecule has 7 nitrogen and oxygen atoms in total. The van der Waals surface area contributed by atoms with Gasteiger partial charge < -0.3 is 23.7 Å². The molecule has 2 aliphatic heterocycles. The maximum atomic E-state index is 13.6. The van der Waals surface area contributed by atoms with Gasteiger partial charge in [-0.1, -0.05) is 29.8 Å².